The van der Waals surface area contributed by atoms with Gasteiger partial charge in [0, 0.05) is 17.7 Å². The Morgan fingerprint density at radius 3 is 2.58 bits per heavy atom. The van der Waals surface area contributed by atoms with Gasteiger partial charge in [-0.15, -0.1) is 0 Å². The molecule has 2 aromatic carbocycles. The van der Waals surface area contributed by atoms with Crippen LogP contribution >= 0.6 is 0 Å². The fourth-order valence-corrected chi connectivity index (χ4v) is 3.33. The highest BCUT2D eigenvalue weighted by Crippen LogP contribution is 2.27. The van der Waals surface area contributed by atoms with Crippen molar-refractivity contribution < 1.29 is 9.59 Å². The molecule has 3 rings (SSSR count). The Bertz CT molecular complexity index is 755. The van der Waals surface area contributed by atoms with Crippen LogP contribution in [0.5, 0.6) is 0 Å². The first-order valence-corrected chi connectivity index (χ1v) is 8.38. The zero-order chi connectivity index (χ0) is 16.9. The molecule has 0 saturated heterocycles. The van der Waals surface area contributed by atoms with Crippen molar-refractivity contribution in [3.63, 3.8) is 0 Å². The number of hydrogen-bond donors (Lipinski definition) is 2. The number of fused-ring (bicyclic) bond motifs is 1. The van der Waals surface area contributed by atoms with Gasteiger partial charge in [0.15, 0.2) is 0 Å². The molecule has 0 aliphatic heterocycles. The summed E-state index contributed by atoms with van der Waals surface area (Å²) in [5.74, 6) is -0.0722. The van der Waals surface area contributed by atoms with Gasteiger partial charge in [0.05, 0.1) is 0 Å². The molecule has 2 aromatic rings. The van der Waals surface area contributed by atoms with Crippen LogP contribution in [0.15, 0.2) is 48.5 Å². The first-order chi connectivity index (χ1) is 11.6. The number of rotatable bonds is 5. The van der Waals surface area contributed by atoms with Crippen molar-refractivity contribution in [2.75, 3.05) is 6.54 Å². The first kappa shape index (κ1) is 16.2. The van der Waals surface area contributed by atoms with E-state index in [-0.39, 0.29) is 5.91 Å². The third-order valence-electron chi connectivity index (χ3n) is 4.70. The molecule has 1 unspecified atom stereocenters. The van der Waals surface area contributed by atoms with Crippen LogP contribution in [0.4, 0.5) is 0 Å². The van der Waals surface area contributed by atoms with Crippen molar-refractivity contribution in [1.82, 2.24) is 5.32 Å². The van der Waals surface area contributed by atoms with E-state index in [1.54, 1.807) is 18.2 Å². The topological polar surface area (TPSA) is 72.2 Å². The van der Waals surface area contributed by atoms with Crippen LogP contribution in [0.25, 0.3) is 0 Å². The van der Waals surface area contributed by atoms with Crippen molar-refractivity contribution >= 4 is 11.8 Å². The summed E-state index contributed by atoms with van der Waals surface area (Å²) in [5, 5.41) is 2.95. The molecule has 1 aliphatic carbocycles. The number of benzene rings is 2. The standard InChI is InChI=1S/C20H22N2O2/c21-19(23)17-6-3-7-18(13-17)20(24)22-11-10-14-8-9-15-4-1-2-5-16(15)12-14/h1-7,13-14H,8-12H2,(H2,21,23)(H,22,24). The molecule has 1 aliphatic rings. The maximum Gasteiger partial charge on any atom is 0.251 e. The maximum absolute atomic E-state index is 12.2. The van der Waals surface area contributed by atoms with E-state index in [2.05, 4.69) is 29.6 Å². The van der Waals surface area contributed by atoms with Gasteiger partial charge in [0.2, 0.25) is 5.91 Å². The van der Waals surface area contributed by atoms with Crippen LogP contribution in [0, 0.1) is 5.92 Å². The number of nitrogens with one attached hydrogen (secondary N) is 1. The number of carbonyl (C=O) groups is 2. The Balaban J connectivity index is 1.51. The molecule has 1 atom stereocenters. The predicted octanol–water partition coefficient (Wildman–Crippen LogP) is 2.71. The smallest absolute Gasteiger partial charge is 0.251 e. The average Bonchev–Trinajstić information content (AvgIpc) is 2.61. The first-order valence-electron chi connectivity index (χ1n) is 8.38. The summed E-state index contributed by atoms with van der Waals surface area (Å²) in [5.41, 5.74) is 8.97. The number of hydrogen-bond acceptors (Lipinski definition) is 2. The lowest BCUT2D eigenvalue weighted by Gasteiger charge is -2.24. The quantitative estimate of drug-likeness (QED) is 0.888. The third kappa shape index (κ3) is 3.82. The molecule has 0 spiro atoms. The van der Waals surface area contributed by atoms with Crippen LogP contribution in [0.2, 0.25) is 0 Å². The monoisotopic (exact) mass is 322 g/mol. The van der Waals surface area contributed by atoms with Gasteiger partial charge < -0.3 is 11.1 Å². The molecule has 24 heavy (non-hydrogen) atoms. The van der Waals surface area contributed by atoms with E-state index in [4.69, 9.17) is 5.73 Å². The van der Waals surface area contributed by atoms with E-state index in [1.165, 1.54) is 23.6 Å². The maximum atomic E-state index is 12.2. The summed E-state index contributed by atoms with van der Waals surface area (Å²) in [7, 11) is 0. The number of primary amides is 1. The van der Waals surface area contributed by atoms with Crippen molar-refractivity contribution in [2.45, 2.75) is 25.7 Å². The zero-order valence-corrected chi connectivity index (χ0v) is 13.6. The fraction of sp³-hybridized carbons (Fsp3) is 0.300. The minimum atomic E-state index is -0.523. The summed E-state index contributed by atoms with van der Waals surface area (Å²) in [6, 6.07) is 15.1. The van der Waals surface area contributed by atoms with Crippen LogP contribution in [0.1, 0.15) is 44.7 Å². The second-order valence-corrected chi connectivity index (χ2v) is 6.37. The van der Waals surface area contributed by atoms with Gasteiger partial charge in [-0.1, -0.05) is 30.3 Å². The highest BCUT2D eigenvalue weighted by molar-refractivity contribution is 5.99. The summed E-state index contributed by atoms with van der Waals surface area (Å²) < 4.78 is 0. The van der Waals surface area contributed by atoms with Crippen LogP contribution in [-0.4, -0.2) is 18.4 Å². The van der Waals surface area contributed by atoms with Crippen LogP contribution in [0.3, 0.4) is 0 Å². The van der Waals surface area contributed by atoms with Crippen LogP contribution < -0.4 is 11.1 Å². The van der Waals surface area contributed by atoms with Gasteiger partial charge in [-0.05, 0) is 60.9 Å². The molecule has 3 N–H and O–H groups in total. The van der Waals surface area contributed by atoms with Crippen molar-refractivity contribution in [1.29, 1.82) is 0 Å². The van der Waals surface area contributed by atoms with E-state index in [1.807, 2.05) is 0 Å². The molecular weight excluding hydrogens is 300 g/mol. The van der Waals surface area contributed by atoms with Gasteiger partial charge in [-0.3, -0.25) is 9.59 Å². The van der Waals surface area contributed by atoms with Crippen molar-refractivity contribution in [3.8, 4) is 0 Å². The van der Waals surface area contributed by atoms with Gasteiger partial charge in [0.1, 0.15) is 0 Å². The molecule has 0 aromatic heterocycles. The molecule has 0 fully saturated rings. The largest absolute Gasteiger partial charge is 0.366 e. The van der Waals surface area contributed by atoms with Gasteiger partial charge in [0.25, 0.3) is 5.91 Å². The lowest BCUT2D eigenvalue weighted by atomic mass is 9.82. The van der Waals surface area contributed by atoms with E-state index < -0.39 is 5.91 Å². The fourth-order valence-electron chi connectivity index (χ4n) is 3.33. The van der Waals surface area contributed by atoms with Gasteiger partial charge in [-0.2, -0.15) is 0 Å². The second-order valence-electron chi connectivity index (χ2n) is 6.37. The number of amides is 2. The molecular formula is C20H22N2O2. The Kier molecular flexibility index (Phi) is 4.94. The zero-order valence-electron chi connectivity index (χ0n) is 13.6. The minimum absolute atomic E-state index is 0.158. The highest BCUT2D eigenvalue weighted by atomic mass is 16.2. The normalized spacial score (nSPS) is 16.2. The molecule has 124 valence electrons. The molecule has 0 bridgehead atoms. The highest BCUT2D eigenvalue weighted by Gasteiger charge is 2.18. The predicted molar refractivity (Wildman–Crippen MR) is 93.9 cm³/mol. The Morgan fingerprint density at radius 2 is 1.79 bits per heavy atom. The average molecular weight is 322 g/mol. The van der Waals surface area contributed by atoms with Gasteiger partial charge >= 0.3 is 0 Å². The SMILES string of the molecule is NC(=O)c1cccc(C(=O)NCCC2CCc3ccccc3C2)c1. The van der Waals surface area contributed by atoms with E-state index >= 15 is 0 Å². The van der Waals surface area contributed by atoms with E-state index in [0.717, 1.165) is 19.3 Å². The van der Waals surface area contributed by atoms with E-state index in [0.29, 0.717) is 23.6 Å². The number of nitrogens with two attached hydrogens (primary N) is 1. The summed E-state index contributed by atoms with van der Waals surface area (Å²) in [6.07, 6.45) is 4.35. The second kappa shape index (κ2) is 7.30. The third-order valence-corrected chi connectivity index (χ3v) is 4.70. The Labute approximate surface area is 142 Å². The Hall–Kier alpha value is -2.62. The summed E-state index contributed by atoms with van der Waals surface area (Å²) in [4.78, 5) is 23.4. The number of carbonyl (C=O) groups excluding carboxylic acids is 2. The lowest BCUT2D eigenvalue weighted by molar-refractivity contribution is 0.0951. The molecule has 0 radical (unpaired) electrons. The van der Waals surface area contributed by atoms with Gasteiger partial charge in [-0.25, -0.2) is 0 Å². The number of aryl methyl sites for hydroxylation is 1. The minimum Gasteiger partial charge on any atom is -0.366 e. The Morgan fingerprint density at radius 1 is 1.04 bits per heavy atom. The van der Waals surface area contributed by atoms with Crippen molar-refractivity contribution in [2.24, 2.45) is 11.7 Å². The summed E-state index contributed by atoms with van der Waals surface area (Å²) >= 11 is 0. The molecule has 0 heterocycles. The molecule has 4 heteroatoms. The lowest BCUT2D eigenvalue weighted by Crippen LogP contribution is -2.27. The molecule has 2 amide bonds. The molecule has 4 nitrogen and oxygen atoms in total. The van der Waals surface area contributed by atoms with E-state index in [9.17, 15) is 9.59 Å². The summed E-state index contributed by atoms with van der Waals surface area (Å²) in [6.45, 7) is 0.645. The van der Waals surface area contributed by atoms with Crippen LogP contribution in [-0.2, 0) is 12.8 Å². The van der Waals surface area contributed by atoms with Crippen molar-refractivity contribution in [3.05, 3.63) is 70.8 Å². The molecule has 0 saturated carbocycles.